The lowest BCUT2D eigenvalue weighted by Gasteiger charge is -2.20. The molecule has 1 heterocycles. The number of nitro groups is 1. The number of halogens is 1. The fourth-order valence-corrected chi connectivity index (χ4v) is 2.83. The number of carboxylic acids is 1. The molecule has 0 fully saturated rings. The lowest BCUT2D eigenvalue weighted by atomic mass is 10.0. The van der Waals surface area contributed by atoms with E-state index >= 15 is 0 Å². The van der Waals surface area contributed by atoms with Crippen LogP contribution < -0.4 is 10.4 Å². The van der Waals surface area contributed by atoms with Crippen molar-refractivity contribution in [3.63, 3.8) is 0 Å². The Balaban J connectivity index is 2.34. The van der Waals surface area contributed by atoms with Gasteiger partial charge in [-0.25, -0.2) is 0 Å². The summed E-state index contributed by atoms with van der Waals surface area (Å²) in [5.41, 5.74) is -0.104. The van der Waals surface area contributed by atoms with Gasteiger partial charge in [0.2, 0.25) is 0 Å². The fraction of sp³-hybridized carbons (Fsp3) is 0.143. The summed E-state index contributed by atoms with van der Waals surface area (Å²) in [6.07, 6.45) is -0.558. The van der Waals surface area contributed by atoms with Crippen LogP contribution in [0.5, 0.6) is 0 Å². The highest BCUT2D eigenvalue weighted by Gasteiger charge is 2.21. The predicted octanol–water partition coefficient (Wildman–Crippen LogP) is 1.92. The van der Waals surface area contributed by atoms with Crippen molar-refractivity contribution in [3.05, 3.63) is 61.3 Å². The summed E-state index contributed by atoms with van der Waals surface area (Å²) < 4.78 is 0. The van der Waals surface area contributed by atoms with Gasteiger partial charge in [0.15, 0.2) is 0 Å². The normalized spacial score (nSPS) is 11.7. The highest BCUT2D eigenvalue weighted by atomic mass is 35.5. The van der Waals surface area contributed by atoms with Crippen LogP contribution >= 0.6 is 22.9 Å². The molecule has 1 aromatic heterocycles. The van der Waals surface area contributed by atoms with E-state index in [1.807, 2.05) is 0 Å². The van der Waals surface area contributed by atoms with Crippen LogP contribution in [-0.2, 0) is 4.79 Å². The number of nitrogens with one attached hydrogen (secondary N) is 1. The quantitative estimate of drug-likeness (QED) is 0.629. The Hall–Kier alpha value is -2.45. The number of nitro benzene ring substituents is 1. The van der Waals surface area contributed by atoms with Crippen LogP contribution in [0.25, 0.3) is 0 Å². The molecule has 9 heteroatoms. The first-order chi connectivity index (χ1) is 10.9. The van der Waals surface area contributed by atoms with Gasteiger partial charge >= 0.3 is 0 Å². The Morgan fingerprint density at radius 2 is 2.09 bits per heavy atom. The molecule has 0 bridgehead atoms. The number of carbonyl (C=O) groups is 2. The largest absolute Gasteiger partial charge is 0.550 e. The molecule has 0 saturated carbocycles. The molecule has 0 saturated heterocycles. The third kappa shape index (κ3) is 4.27. The number of rotatable bonds is 6. The van der Waals surface area contributed by atoms with Crippen LogP contribution in [0.4, 0.5) is 5.69 Å². The molecule has 120 valence electrons. The zero-order valence-corrected chi connectivity index (χ0v) is 13.1. The lowest BCUT2D eigenvalue weighted by molar-refractivity contribution is -0.385. The topological polar surface area (TPSA) is 112 Å². The smallest absolute Gasteiger partial charge is 0.269 e. The highest BCUT2D eigenvalue weighted by molar-refractivity contribution is 7.12. The molecular weight excluding hydrogens is 344 g/mol. The van der Waals surface area contributed by atoms with Gasteiger partial charge in [-0.2, -0.15) is 0 Å². The number of aliphatic carboxylic acids is 1. The first kappa shape index (κ1) is 16.9. The maximum absolute atomic E-state index is 12.1. The van der Waals surface area contributed by atoms with Crippen molar-refractivity contribution in [3.8, 4) is 0 Å². The Morgan fingerprint density at radius 3 is 2.65 bits per heavy atom. The standard InChI is InChI=1S/C14H11ClN2O5S/c15-10-4-3-8(17(21)22)6-9(10)11(7-13(18)19)16-14(20)12-2-1-5-23-12/h1-6,11H,7H2,(H,16,20)(H,18,19)/p-1/t11-/m0/s1. The Kier molecular flexibility index (Phi) is 5.30. The number of carbonyl (C=O) groups excluding carboxylic acids is 2. The zero-order valence-electron chi connectivity index (χ0n) is 11.5. The molecule has 1 aromatic carbocycles. The van der Waals surface area contributed by atoms with Gasteiger partial charge in [-0.15, -0.1) is 11.3 Å². The van der Waals surface area contributed by atoms with Crippen molar-refractivity contribution in [2.45, 2.75) is 12.5 Å². The summed E-state index contributed by atoms with van der Waals surface area (Å²) in [4.78, 5) is 33.7. The molecule has 0 aliphatic rings. The maximum Gasteiger partial charge on any atom is 0.269 e. The number of nitrogens with zero attached hydrogens (tertiary/aromatic N) is 1. The summed E-state index contributed by atoms with van der Waals surface area (Å²) >= 11 is 7.19. The van der Waals surface area contributed by atoms with Crippen molar-refractivity contribution >= 4 is 40.5 Å². The molecular formula is C14H10ClN2O5S-. The SMILES string of the molecule is O=C([O-])C[C@H](NC(=O)c1cccs1)c1cc([N+](=O)[O-])ccc1Cl. The van der Waals surface area contributed by atoms with E-state index in [1.54, 1.807) is 17.5 Å². The summed E-state index contributed by atoms with van der Waals surface area (Å²) in [6, 6.07) is 5.84. The molecule has 1 amide bonds. The van der Waals surface area contributed by atoms with E-state index in [1.165, 1.54) is 23.5 Å². The van der Waals surface area contributed by atoms with E-state index in [0.29, 0.717) is 4.88 Å². The van der Waals surface area contributed by atoms with Crippen molar-refractivity contribution in [1.82, 2.24) is 5.32 Å². The van der Waals surface area contributed by atoms with Crippen LogP contribution in [0.1, 0.15) is 27.7 Å². The zero-order chi connectivity index (χ0) is 17.0. The Labute approximate surface area is 139 Å². The monoisotopic (exact) mass is 353 g/mol. The minimum absolute atomic E-state index is 0.119. The fourth-order valence-electron chi connectivity index (χ4n) is 1.95. The molecule has 0 aliphatic heterocycles. The second kappa shape index (κ2) is 7.21. The van der Waals surface area contributed by atoms with Gasteiger partial charge in [0.25, 0.3) is 11.6 Å². The second-order valence-corrected chi connectivity index (χ2v) is 5.90. The molecule has 23 heavy (non-hydrogen) atoms. The maximum atomic E-state index is 12.1. The first-order valence-corrected chi connectivity index (χ1v) is 7.62. The van der Waals surface area contributed by atoms with E-state index in [4.69, 9.17) is 11.6 Å². The van der Waals surface area contributed by atoms with E-state index in [0.717, 1.165) is 6.07 Å². The summed E-state index contributed by atoms with van der Waals surface area (Å²) in [7, 11) is 0. The van der Waals surface area contributed by atoms with Gasteiger partial charge in [-0.05, 0) is 17.5 Å². The number of amides is 1. The summed E-state index contributed by atoms with van der Waals surface area (Å²) in [5.74, 6) is -1.90. The molecule has 0 spiro atoms. The van der Waals surface area contributed by atoms with Crippen LogP contribution in [-0.4, -0.2) is 16.8 Å². The average Bonchev–Trinajstić information content (AvgIpc) is 3.00. The van der Waals surface area contributed by atoms with E-state index in [9.17, 15) is 24.8 Å². The third-order valence-corrected chi connectivity index (χ3v) is 4.20. The molecule has 2 aromatic rings. The number of hydrogen-bond acceptors (Lipinski definition) is 6. The second-order valence-electron chi connectivity index (χ2n) is 4.54. The average molecular weight is 354 g/mol. The van der Waals surface area contributed by atoms with Crippen molar-refractivity contribution in [1.29, 1.82) is 0 Å². The van der Waals surface area contributed by atoms with Gasteiger partial charge < -0.3 is 15.2 Å². The Bertz CT molecular complexity index is 748. The van der Waals surface area contributed by atoms with E-state index in [-0.39, 0.29) is 16.3 Å². The predicted molar refractivity (Wildman–Crippen MR) is 82.3 cm³/mol. The van der Waals surface area contributed by atoms with Gasteiger partial charge in [0.1, 0.15) is 0 Å². The van der Waals surface area contributed by atoms with Crippen LogP contribution in [0.2, 0.25) is 5.02 Å². The summed E-state index contributed by atoms with van der Waals surface area (Å²) in [6.45, 7) is 0. The van der Waals surface area contributed by atoms with Crippen molar-refractivity contribution in [2.24, 2.45) is 0 Å². The molecule has 0 unspecified atom stereocenters. The minimum atomic E-state index is -1.41. The van der Waals surface area contributed by atoms with Gasteiger partial charge in [-0.3, -0.25) is 14.9 Å². The van der Waals surface area contributed by atoms with Crippen LogP contribution in [0.15, 0.2) is 35.7 Å². The first-order valence-electron chi connectivity index (χ1n) is 6.36. The molecule has 2 rings (SSSR count). The minimum Gasteiger partial charge on any atom is -0.550 e. The third-order valence-electron chi connectivity index (χ3n) is 2.99. The lowest BCUT2D eigenvalue weighted by Crippen LogP contribution is -2.34. The highest BCUT2D eigenvalue weighted by Crippen LogP contribution is 2.29. The van der Waals surface area contributed by atoms with Crippen molar-refractivity contribution < 1.29 is 19.6 Å². The van der Waals surface area contributed by atoms with E-state index in [2.05, 4.69) is 5.32 Å². The van der Waals surface area contributed by atoms with Crippen LogP contribution in [0.3, 0.4) is 0 Å². The number of carboxylic acid groups (broad SMARTS) is 1. The number of thiophene rings is 1. The molecule has 0 radical (unpaired) electrons. The Morgan fingerprint density at radius 1 is 1.35 bits per heavy atom. The van der Waals surface area contributed by atoms with Crippen LogP contribution in [0, 0.1) is 10.1 Å². The van der Waals surface area contributed by atoms with Gasteiger partial charge in [-0.1, -0.05) is 17.7 Å². The molecule has 7 nitrogen and oxygen atoms in total. The molecule has 1 atom stereocenters. The van der Waals surface area contributed by atoms with Gasteiger partial charge in [0, 0.05) is 35.1 Å². The molecule has 0 aliphatic carbocycles. The van der Waals surface area contributed by atoms with Gasteiger partial charge in [0.05, 0.1) is 15.8 Å². The summed E-state index contributed by atoms with van der Waals surface area (Å²) in [5, 5.41) is 26.1. The van der Waals surface area contributed by atoms with Crippen molar-refractivity contribution in [2.75, 3.05) is 0 Å². The van der Waals surface area contributed by atoms with E-state index < -0.39 is 29.3 Å². The number of benzene rings is 1. The number of non-ortho nitro benzene ring substituents is 1. The molecule has 1 N–H and O–H groups in total. The number of hydrogen-bond donors (Lipinski definition) is 1.